The molecule has 0 N–H and O–H groups in total. The third kappa shape index (κ3) is 2.00. The third-order valence-corrected chi connectivity index (χ3v) is 3.47. The van der Waals surface area contributed by atoms with Crippen LogP contribution in [0, 0.1) is 0 Å². The maximum absolute atomic E-state index is 5.83. The summed E-state index contributed by atoms with van der Waals surface area (Å²) in [5.41, 5.74) is 0. The molecule has 0 amide bonds. The molecule has 1 fully saturated rings. The van der Waals surface area contributed by atoms with Gasteiger partial charge in [0.05, 0.1) is 5.02 Å². The average molecular weight is 202 g/mol. The zero-order valence-electron chi connectivity index (χ0n) is 7.09. The number of hydrogen-bond donors (Lipinski definition) is 0. The summed E-state index contributed by atoms with van der Waals surface area (Å²) in [6.45, 7) is 1.06. The molecule has 1 aromatic heterocycles. The fourth-order valence-electron chi connectivity index (χ4n) is 1.33. The van der Waals surface area contributed by atoms with Crippen molar-refractivity contribution in [3.63, 3.8) is 0 Å². The van der Waals surface area contributed by atoms with Gasteiger partial charge in [0.15, 0.2) is 0 Å². The van der Waals surface area contributed by atoms with Gasteiger partial charge in [-0.2, -0.15) is 0 Å². The molecule has 0 unspecified atom stereocenters. The molecule has 0 aliphatic heterocycles. The summed E-state index contributed by atoms with van der Waals surface area (Å²) in [5.74, 6) is 0. The van der Waals surface area contributed by atoms with Crippen molar-refractivity contribution in [3.05, 3.63) is 21.3 Å². The molecule has 2 rings (SSSR count). The fraction of sp³-hybridized carbons (Fsp3) is 0.556. The number of halogens is 1. The molecule has 12 heavy (non-hydrogen) atoms. The van der Waals surface area contributed by atoms with Crippen LogP contribution in [-0.2, 0) is 6.54 Å². The van der Waals surface area contributed by atoms with Crippen molar-refractivity contribution in [2.45, 2.75) is 25.4 Å². The molecule has 0 spiro atoms. The van der Waals surface area contributed by atoms with Gasteiger partial charge in [0, 0.05) is 22.8 Å². The van der Waals surface area contributed by atoms with Crippen molar-refractivity contribution in [3.8, 4) is 0 Å². The van der Waals surface area contributed by atoms with Gasteiger partial charge in [-0.1, -0.05) is 11.6 Å². The minimum Gasteiger partial charge on any atom is -0.298 e. The fourth-order valence-corrected chi connectivity index (χ4v) is 2.46. The van der Waals surface area contributed by atoms with E-state index in [1.807, 2.05) is 5.38 Å². The molecule has 1 aliphatic rings. The van der Waals surface area contributed by atoms with Gasteiger partial charge in [0.2, 0.25) is 0 Å². The minimum absolute atomic E-state index is 0.839. The van der Waals surface area contributed by atoms with Crippen molar-refractivity contribution in [2.24, 2.45) is 0 Å². The van der Waals surface area contributed by atoms with Crippen molar-refractivity contribution in [1.82, 2.24) is 4.90 Å². The molecule has 0 radical (unpaired) electrons. The molecule has 1 nitrogen and oxygen atoms in total. The lowest BCUT2D eigenvalue weighted by molar-refractivity contribution is 0.319. The number of rotatable bonds is 3. The number of nitrogens with zero attached hydrogens (tertiary/aromatic N) is 1. The van der Waals surface area contributed by atoms with Gasteiger partial charge in [-0.05, 0) is 26.0 Å². The average Bonchev–Trinajstić information content (AvgIpc) is 2.78. The zero-order chi connectivity index (χ0) is 8.55. The van der Waals surface area contributed by atoms with E-state index in [-0.39, 0.29) is 0 Å². The zero-order valence-corrected chi connectivity index (χ0v) is 8.66. The Morgan fingerprint density at radius 3 is 2.92 bits per heavy atom. The predicted octanol–water partition coefficient (Wildman–Crippen LogP) is 3.00. The highest BCUT2D eigenvalue weighted by atomic mass is 35.5. The largest absolute Gasteiger partial charge is 0.298 e. The van der Waals surface area contributed by atoms with Crippen LogP contribution < -0.4 is 0 Å². The van der Waals surface area contributed by atoms with Gasteiger partial charge in [0.25, 0.3) is 0 Å². The van der Waals surface area contributed by atoms with E-state index in [9.17, 15) is 0 Å². The molecule has 1 aromatic rings. The minimum atomic E-state index is 0.839. The summed E-state index contributed by atoms with van der Waals surface area (Å²) >= 11 is 7.58. The van der Waals surface area contributed by atoms with Crippen LogP contribution in [0.1, 0.15) is 17.7 Å². The highest BCUT2D eigenvalue weighted by molar-refractivity contribution is 7.10. The normalized spacial score (nSPS) is 17.2. The second-order valence-corrected chi connectivity index (χ2v) is 4.81. The molecule has 3 heteroatoms. The highest BCUT2D eigenvalue weighted by Crippen LogP contribution is 2.28. The first kappa shape index (κ1) is 8.54. The molecular weight excluding hydrogens is 190 g/mol. The van der Waals surface area contributed by atoms with Gasteiger partial charge in [0.1, 0.15) is 0 Å². The Hall–Kier alpha value is -0.0500. The third-order valence-electron chi connectivity index (χ3n) is 2.20. The Bertz CT molecular complexity index is 267. The van der Waals surface area contributed by atoms with E-state index in [1.165, 1.54) is 17.7 Å². The lowest BCUT2D eigenvalue weighted by atomic mass is 10.4. The van der Waals surface area contributed by atoms with E-state index in [2.05, 4.69) is 18.0 Å². The van der Waals surface area contributed by atoms with Crippen molar-refractivity contribution in [2.75, 3.05) is 7.05 Å². The quantitative estimate of drug-likeness (QED) is 0.727. The van der Waals surface area contributed by atoms with E-state index in [1.54, 1.807) is 11.3 Å². The van der Waals surface area contributed by atoms with Crippen LogP contribution in [0.15, 0.2) is 11.4 Å². The molecule has 0 atom stereocenters. The first-order valence-corrected chi connectivity index (χ1v) is 5.44. The summed E-state index contributed by atoms with van der Waals surface area (Å²) in [7, 11) is 2.19. The molecule has 1 aliphatic carbocycles. The van der Waals surface area contributed by atoms with Gasteiger partial charge in [-0.25, -0.2) is 0 Å². The van der Waals surface area contributed by atoms with Crippen LogP contribution in [0.4, 0.5) is 0 Å². The Balaban J connectivity index is 1.93. The van der Waals surface area contributed by atoms with E-state index in [4.69, 9.17) is 11.6 Å². The first-order valence-electron chi connectivity index (χ1n) is 4.19. The maximum atomic E-state index is 5.83. The molecule has 0 saturated heterocycles. The van der Waals surface area contributed by atoms with E-state index in [0.717, 1.165) is 17.6 Å². The van der Waals surface area contributed by atoms with Crippen molar-refractivity contribution >= 4 is 22.9 Å². The molecule has 1 saturated carbocycles. The van der Waals surface area contributed by atoms with Crippen LogP contribution >= 0.6 is 22.9 Å². The topological polar surface area (TPSA) is 3.24 Å². The summed E-state index contributed by atoms with van der Waals surface area (Å²) in [4.78, 5) is 3.77. The molecule has 0 aromatic carbocycles. The predicted molar refractivity (Wildman–Crippen MR) is 53.8 cm³/mol. The van der Waals surface area contributed by atoms with Crippen LogP contribution in [0.2, 0.25) is 5.02 Å². The smallest absolute Gasteiger partial charge is 0.0516 e. The summed E-state index contributed by atoms with van der Waals surface area (Å²) < 4.78 is 0. The van der Waals surface area contributed by atoms with Gasteiger partial charge < -0.3 is 0 Å². The van der Waals surface area contributed by atoms with Gasteiger partial charge in [-0.15, -0.1) is 11.3 Å². The highest BCUT2D eigenvalue weighted by Gasteiger charge is 2.25. The first-order chi connectivity index (χ1) is 5.75. The monoisotopic (exact) mass is 201 g/mol. The molecule has 0 bridgehead atoms. The lowest BCUT2D eigenvalue weighted by Gasteiger charge is -2.13. The maximum Gasteiger partial charge on any atom is 0.0516 e. The summed E-state index contributed by atoms with van der Waals surface area (Å²) in [6.07, 6.45) is 2.74. The molecule has 1 heterocycles. The molecular formula is C9H12ClNS. The second kappa shape index (κ2) is 3.36. The van der Waals surface area contributed by atoms with Crippen molar-refractivity contribution < 1.29 is 0 Å². The lowest BCUT2D eigenvalue weighted by Crippen LogP contribution is -2.19. The van der Waals surface area contributed by atoms with Crippen molar-refractivity contribution in [1.29, 1.82) is 0 Å². The molecule has 66 valence electrons. The van der Waals surface area contributed by atoms with Gasteiger partial charge >= 0.3 is 0 Å². The summed E-state index contributed by atoms with van der Waals surface area (Å²) in [5, 5.41) is 2.87. The van der Waals surface area contributed by atoms with Crippen LogP contribution in [0.3, 0.4) is 0 Å². The Morgan fingerprint density at radius 2 is 2.42 bits per heavy atom. The van der Waals surface area contributed by atoms with Crippen LogP contribution in [0.5, 0.6) is 0 Å². The Morgan fingerprint density at radius 1 is 1.67 bits per heavy atom. The van der Waals surface area contributed by atoms with Crippen LogP contribution in [0.25, 0.3) is 0 Å². The van der Waals surface area contributed by atoms with E-state index < -0.39 is 0 Å². The Kier molecular flexibility index (Phi) is 2.40. The number of hydrogen-bond acceptors (Lipinski definition) is 2. The van der Waals surface area contributed by atoms with E-state index in [0.29, 0.717) is 0 Å². The number of thiophene rings is 1. The Labute approximate surface area is 82.0 Å². The standard InChI is InChI=1S/C9H12ClNS/c1-11(8-2-3-8)5-9-4-7(10)6-12-9/h4,6,8H,2-3,5H2,1H3. The SMILES string of the molecule is CN(Cc1cc(Cl)cs1)C1CC1. The summed E-state index contributed by atoms with van der Waals surface area (Å²) in [6, 6.07) is 2.90. The van der Waals surface area contributed by atoms with E-state index >= 15 is 0 Å². The van der Waals surface area contributed by atoms with Crippen LogP contribution in [-0.4, -0.2) is 18.0 Å². The second-order valence-electron chi connectivity index (χ2n) is 3.38. The van der Waals surface area contributed by atoms with Gasteiger partial charge in [-0.3, -0.25) is 4.90 Å².